The van der Waals surface area contributed by atoms with E-state index in [1.165, 1.54) is 0 Å². The maximum Gasteiger partial charge on any atom is 0.172 e. The molecule has 2 aromatic carbocycles. The van der Waals surface area contributed by atoms with Crippen LogP contribution >= 0.6 is 0 Å². The average Bonchev–Trinajstić information content (AvgIpc) is 2.96. The Bertz CT molecular complexity index is 788. The summed E-state index contributed by atoms with van der Waals surface area (Å²) in [7, 11) is 1.63. The van der Waals surface area contributed by atoms with Gasteiger partial charge in [0.15, 0.2) is 11.5 Å². The first-order valence-corrected chi connectivity index (χ1v) is 7.08. The van der Waals surface area contributed by atoms with Crippen LogP contribution in [0, 0.1) is 0 Å². The quantitative estimate of drug-likeness (QED) is 0.718. The molecule has 0 spiro atoms. The van der Waals surface area contributed by atoms with Gasteiger partial charge in [-0.3, -0.25) is 0 Å². The lowest BCUT2D eigenvalue weighted by Crippen LogP contribution is -2.01. The van der Waals surface area contributed by atoms with Gasteiger partial charge in [-0.15, -0.1) is 0 Å². The van der Waals surface area contributed by atoms with Crippen LogP contribution in [0.25, 0.3) is 22.4 Å². The molecule has 0 bridgehead atoms. The standard InChI is InChI=1S/C18H18N2O2/c1-12(2)11-22-17-13(7-6-10-16(17)21-3)18-19-14-8-4-5-9-15(14)20-18/h4-10H,1,11H2,2-3H3,(H,19,20). The summed E-state index contributed by atoms with van der Waals surface area (Å²) in [5.41, 5.74) is 3.73. The van der Waals surface area contributed by atoms with E-state index in [1.54, 1.807) is 7.11 Å². The molecule has 1 aromatic heterocycles. The second kappa shape index (κ2) is 5.93. The maximum atomic E-state index is 5.89. The number of aromatic amines is 1. The van der Waals surface area contributed by atoms with Gasteiger partial charge in [-0.2, -0.15) is 0 Å². The van der Waals surface area contributed by atoms with Gasteiger partial charge in [0, 0.05) is 0 Å². The molecule has 0 radical (unpaired) electrons. The number of nitrogens with zero attached hydrogens (tertiary/aromatic N) is 1. The molecule has 4 nitrogen and oxygen atoms in total. The molecule has 22 heavy (non-hydrogen) atoms. The van der Waals surface area contributed by atoms with Crippen LogP contribution in [0.4, 0.5) is 0 Å². The first-order valence-electron chi connectivity index (χ1n) is 7.08. The third kappa shape index (κ3) is 2.68. The van der Waals surface area contributed by atoms with Crippen molar-refractivity contribution in [2.24, 2.45) is 0 Å². The van der Waals surface area contributed by atoms with E-state index in [1.807, 2.05) is 49.4 Å². The molecule has 0 unspecified atom stereocenters. The molecule has 0 aliphatic heterocycles. The highest BCUT2D eigenvalue weighted by molar-refractivity contribution is 5.81. The van der Waals surface area contributed by atoms with Crippen LogP contribution in [-0.2, 0) is 0 Å². The van der Waals surface area contributed by atoms with E-state index in [9.17, 15) is 0 Å². The number of imidazole rings is 1. The number of fused-ring (bicyclic) bond motifs is 1. The molecule has 0 aliphatic rings. The van der Waals surface area contributed by atoms with Gasteiger partial charge >= 0.3 is 0 Å². The van der Waals surface area contributed by atoms with Crippen molar-refractivity contribution in [2.45, 2.75) is 6.92 Å². The summed E-state index contributed by atoms with van der Waals surface area (Å²) in [6.45, 7) is 6.24. The van der Waals surface area contributed by atoms with E-state index in [4.69, 9.17) is 9.47 Å². The molecule has 1 heterocycles. The van der Waals surface area contributed by atoms with Gasteiger partial charge in [-0.1, -0.05) is 24.8 Å². The Labute approximate surface area is 129 Å². The first-order chi connectivity index (χ1) is 10.7. The Morgan fingerprint density at radius 3 is 2.73 bits per heavy atom. The number of ether oxygens (including phenoxy) is 2. The number of nitrogens with one attached hydrogen (secondary N) is 1. The highest BCUT2D eigenvalue weighted by Crippen LogP contribution is 2.37. The third-order valence-corrected chi connectivity index (χ3v) is 3.31. The van der Waals surface area contributed by atoms with Crippen molar-refractivity contribution < 1.29 is 9.47 Å². The summed E-state index contributed by atoms with van der Waals surface area (Å²) in [5.74, 6) is 2.11. The predicted molar refractivity (Wildman–Crippen MR) is 88.4 cm³/mol. The lowest BCUT2D eigenvalue weighted by molar-refractivity contribution is 0.321. The largest absolute Gasteiger partial charge is 0.493 e. The van der Waals surface area contributed by atoms with Gasteiger partial charge in [-0.25, -0.2) is 4.98 Å². The Morgan fingerprint density at radius 2 is 2.00 bits per heavy atom. The number of rotatable bonds is 5. The van der Waals surface area contributed by atoms with E-state index in [-0.39, 0.29) is 0 Å². The van der Waals surface area contributed by atoms with E-state index < -0.39 is 0 Å². The summed E-state index contributed by atoms with van der Waals surface area (Å²) in [6.07, 6.45) is 0. The van der Waals surface area contributed by atoms with Crippen molar-refractivity contribution in [2.75, 3.05) is 13.7 Å². The Hall–Kier alpha value is -2.75. The summed E-state index contributed by atoms with van der Waals surface area (Å²) in [4.78, 5) is 7.95. The van der Waals surface area contributed by atoms with Gasteiger partial charge in [0.2, 0.25) is 0 Å². The van der Waals surface area contributed by atoms with Crippen LogP contribution in [0.1, 0.15) is 6.92 Å². The molecule has 0 amide bonds. The average molecular weight is 294 g/mol. The third-order valence-electron chi connectivity index (χ3n) is 3.31. The topological polar surface area (TPSA) is 47.1 Å². The van der Waals surface area contributed by atoms with Gasteiger partial charge in [0.1, 0.15) is 12.4 Å². The zero-order valence-electron chi connectivity index (χ0n) is 12.7. The zero-order chi connectivity index (χ0) is 15.5. The van der Waals surface area contributed by atoms with Crippen molar-refractivity contribution in [3.8, 4) is 22.9 Å². The first kappa shape index (κ1) is 14.2. The van der Waals surface area contributed by atoms with Crippen LogP contribution in [-0.4, -0.2) is 23.7 Å². The number of para-hydroxylation sites is 3. The minimum atomic E-state index is 0.438. The molecule has 3 aromatic rings. The minimum Gasteiger partial charge on any atom is -0.493 e. The molecule has 0 saturated heterocycles. The number of hydrogen-bond acceptors (Lipinski definition) is 3. The fourth-order valence-electron chi connectivity index (χ4n) is 2.29. The molecule has 0 saturated carbocycles. The smallest absolute Gasteiger partial charge is 0.172 e. The molecule has 1 N–H and O–H groups in total. The molecular formula is C18H18N2O2. The number of H-pyrrole nitrogens is 1. The van der Waals surface area contributed by atoms with Crippen molar-refractivity contribution in [3.63, 3.8) is 0 Å². The number of aromatic nitrogens is 2. The van der Waals surface area contributed by atoms with Gasteiger partial charge in [0.25, 0.3) is 0 Å². The molecule has 0 fully saturated rings. The number of methoxy groups -OCH3 is 1. The zero-order valence-corrected chi connectivity index (χ0v) is 12.7. The second-order valence-electron chi connectivity index (χ2n) is 5.19. The molecule has 0 atom stereocenters. The van der Waals surface area contributed by atoms with E-state index >= 15 is 0 Å². The van der Waals surface area contributed by atoms with Crippen LogP contribution in [0.2, 0.25) is 0 Å². The molecule has 112 valence electrons. The van der Waals surface area contributed by atoms with E-state index in [0.717, 1.165) is 28.0 Å². The Kier molecular flexibility index (Phi) is 3.83. The molecule has 4 heteroatoms. The highest BCUT2D eigenvalue weighted by Gasteiger charge is 2.15. The normalized spacial score (nSPS) is 10.6. The highest BCUT2D eigenvalue weighted by atomic mass is 16.5. The van der Waals surface area contributed by atoms with Crippen molar-refractivity contribution in [1.29, 1.82) is 0 Å². The summed E-state index contributed by atoms with van der Waals surface area (Å²) >= 11 is 0. The van der Waals surface area contributed by atoms with E-state index in [0.29, 0.717) is 18.1 Å². The lowest BCUT2D eigenvalue weighted by Gasteiger charge is -2.13. The molecule has 3 rings (SSSR count). The summed E-state index contributed by atoms with van der Waals surface area (Å²) < 4.78 is 11.3. The Morgan fingerprint density at radius 1 is 1.18 bits per heavy atom. The predicted octanol–water partition coefficient (Wildman–Crippen LogP) is 4.19. The molecule has 0 aliphatic carbocycles. The number of hydrogen-bond donors (Lipinski definition) is 1. The van der Waals surface area contributed by atoms with Crippen LogP contribution < -0.4 is 9.47 Å². The minimum absolute atomic E-state index is 0.438. The van der Waals surface area contributed by atoms with Crippen molar-refractivity contribution in [1.82, 2.24) is 9.97 Å². The van der Waals surface area contributed by atoms with Gasteiger partial charge < -0.3 is 14.5 Å². The summed E-state index contributed by atoms with van der Waals surface area (Å²) in [6, 6.07) is 13.7. The SMILES string of the molecule is C=C(C)COc1c(OC)cccc1-c1nc2ccccc2[nH]1. The van der Waals surface area contributed by atoms with E-state index in [2.05, 4.69) is 16.5 Å². The lowest BCUT2D eigenvalue weighted by atomic mass is 10.1. The second-order valence-corrected chi connectivity index (χ2v) is 5.19. The van der Waals surface area contributed by atoms with Crippen LogP contribution in [0.3, 0.4) is 0 Å². The van der Waals surface area contributed by atoms with Crippen LogP contribution in [0.5, 0.6) is 11.5 Å². The van der Waals surface area contributed by atoms with Gasteiger partial charge in [0.05, 0.1) is 23.7 Å². The number of benzene rings is 2. The summed E-state index contributed by atoms with van der Waals surface area (Å²) in [5, 5.41) is 0. The van der Waals surface area contributed by atoms with Crippen molar-refractivity contribution in [3.05, 3.63) is 54.6 Å². The van der Waals surface area contributed by atoms with Crippen LogP contribution in [0.15, 0.2) is 54.6 Å². The maximum absolute atomic E-state index is 5.89. The monoisotopic (exact) mass is 294 g/mol. The fraction of sp³-hybridized carbons (Fsp3) is 0.167. The fourth-order valence-corrected chi connectivity index (χ4v) is 2.29. The molecular weight excluding hydrogens is 276 g/mol. The van der Waals surface area contributed by atoms with Gasteiger partial charge in [-0.05, 0) is 36.8 Å². The van der Waals surface area contributed by atoms with Crippen molar-refractivity contribution >= 4 is 11.0 Å². The Balaban J connectivity index is 2.10.